The van der Waals surface area contributed by atoms with Crippen molar-refractivity contribution < 1.29 is 9.53 Å². The number of Topliss-reactive ketones (excluding diaryl/α,β-unsaturated/α-hetero) is 1. The Kier molecular flexibility index (Phi) is 9.72. The molecule has 5 nitrogen and oxygen atoms in total. The third-order valence-electron chi connectivity index (χ3n) is 7.69. The number of aromatic nitrogens is 1. The number of carbonyl (C=O) groups is 1. The highest BCUT2D eigenvalue weighted by molar-refractivity contribution is 5.81. The molecular weight excluding hydrogens is 494 g/mol. The molecule has 0 aliphatic carbocycles. The molecule has 0 spiro atoms. The zero-order chi connectivity index (χ0) is 27.6. The number of carbonyl (C=O) groups excluding carboxylic acids is 1. The van der Waals surface area contributed by atoms with Gasteiger partial charge in [-0.15, -0.1) is 0 Å². The lowest BCUT2D eigenvalue weighted by atomic mass is 9.94. The van der Waals surface area contributed by atoms with Gasteiger partial charge < -0.3 is 9.64 Å². The lowest BCUT2D eigenvalue weighted by Gasteiger charge is -2.32. The van der Waals surface area contributed by atoms with Crippen LogP contribution in [0.2, 0.25) is 0 Å². The first-order valence-electron chi connectivity index (χ1n) is 14.3. The summed E-state index contributed by atoms with van der Waals surface area (Å²) < 4.78 is 6.12. The zero-order valence-corrected chi connectivity index (χ0v) is 23.5. The van der Waals surface area contributed by atoms with E-state index in [-0.39, 0.29) is 5.78 Å². The van der Waals surface area contributed by atoms with Gasteiger partial charge in [-0.1, -0.05) is 66.7 Å². The highest BCUT2D eigenvalue weighted by atomic mass is 16.5. The molecule has 5 rings (SSSR count). The number of nitrogens with zero attached hydrogens (tertiary/aromatic N) is 3. The predicted octanol–water partition coefficient (Wildman–Crippen LogP) is 5.86. The lowest BCUT2D eigenvalue weighted by Crippen LogP contribution is -2.43. The molecule has 4 aromatic rings. The average Bonchev–Trinajstić information content (AvgIpc) is 2.99. The molecule has 206 valence electrons. The van der Waals surface area contributed by atoms with E-state index in [0.717, 1.165) is 62.4 Å². The summed E-state index contributed by atoms with van der Waals surface area (Å²) in [7, 11) is 2.20. The van der Waals surface area contributed by atoms with Crippen molar-refractivity contribution in [2.45, 2.75) is 32.2 Å². The van der Waals surface area contributed by atoms with Crippen LogP contribution in [0.5, 0.6) is 5.75 Å². The van der Waals surface area contributed by atoms with Gasteiger partial charge in [0, 0.05) is 64.4 Å². The summed E-state index contributed by atoms with van der Waals surface area (Å²) in [5.74, 6) is 1.07. The molecule has 0 saturated carbocycles. The second-order valence-corrected chi connectivity index (χ2v) is 10.7. The lowest BCUT2D eigenvalue weighted by molar-refractivity contribution is -0.118. The Bertz CT molecular complexity index is 1360. The van der Waals surface area contributed by atoms with E-state index < -0.39 is 0 Å². The number of benzene rings is 3. The number of hydrogen-bond acceptors (Lipinski definition) is 5. The minimum absolute atomic E-state index is 0.238. The molecule has 1 saturated heterocycles. The molecule has 1 aromatic heterocycles. The predicted molar refractivity (Wildman–Crippen MR) is 162 cm³/mol. The van der Waals surface area contributed by atoms with Crippen LogP contribution in [0, 0.1) is 0 Å². The molecule has 2 heterocycles. The van der Waals surface area contributed by atoms with Crippen molar-refractivity contribution in [2.75, 3.05) is 39.8 Å². The highest BCUT2D eigenvalue weighted by Crippen LogP contribution is 2.29. The van der Waals surface area contributed by atoms with Crippen molar-refractivity contribution in [3.63, 3.8) is 0 Å². The fourth-order valence-electron chi connectivity index (χ4n) is 5.30. The van der Waals surface area contributed by atoms with Crippen LogP contribution < -0.4 is 4.74 Å². The van der Waals surface area contributed by atoms with Crippen molar-refractivity contribution in [3.05, 3.63) is 120 Å². The maximum absolute atomic E-state index is 12.4. The van der Waals surface area contributed by atoms with Gasteiger partial charge in [0.25, 0.3) is 0 Å². The van der Waals surface area contributed by atoms with Crippen LogP contribution in [0.3, 0.4) is 0 Å². The van der Waals surface area contributed by atoms with Gasteiger partial charge in [0.05, 0.1) is 6.61 Å². The van der Waals surface area contributed by atoms with Crippen LogP contribution in [0.15, 0.2) is 97.3 Å². The summed E-state index contributed by atoms with van der Waals surface area (Å²) in [6.07, 6.45) is 6.11. The molecular formula is C35H39N3O2. The molecule has 1 aliphatic rings. The Labute approximate surface area is 238 Å². The molecule has 40 heavy (non-hydrogen) atoms. The second-order valence-electron chi connectivity index (χ2n) is 10.7. The topological polar surface area (TPSA) is 45.7 Å². The van der Waals surface area contributed by atoms with Crippen LogP contribution in [0.1, 0.15) is 28.7 Å². The van der Waals surface area contributed by atoms with Crippen LogP contribution in [-0.4, -0.2) is 60.4 Å². The van der Waals surface area contributed by atoms with Gasteiger partial charge in [0.2, 0.25) is 0 Å². The molecule has 0 bridgehead atoms. The van der Waals surface area contributed by atoms with Gasteiger partial charge in [0.1, 0.15) is 11.5 Å². The van der Waals surface area contributed by atoms with Crippen LogP contribution >= 0.6 is 0 Å². The molecule has 0 radical (unpaired) electrons. The normalized spacial score (nSPS) is 14.2. The largest absolute Gasteiger partial charge is 0.493 e. The van der Waals surface area contributed by atoms with Gasteiger partial charge in [-0.05, 0) is 65.0 Å². The van der Waals surface area contributed by atoms with Crippen LogP contribution in [0.4, 0.5) is 0 Å². The summed E-state index contributed by atoms with van der Waals surface area (Å²) in [5.41, 5.74) is 7.39. The number of piperazine rings is 1. The van der Waals surface area contributed by atoms with E-state index in [1.807, 2.05) is 42.6 Å². The molecule has 3 aromatic carbocycles. The Morgan fingerprint density at radius 1 is 0.775 bits per heavy atom. The highest BCUT2D eigenvalue weighted by Gasteiger charge is 2.16. The summed E-state index contributed by atoms with van der Waals surface area (Å²) in [6, 6.07) is 29.4. The van der Waals surface area contributed by atoms with E-state index in [1.165, 1.54) is 22.3 Å². The molecule has 5 heteroatoms. The first-order valence-corrected chi connectivity index (χ1v) is 14.3. The number of ether oxygens (including phenoxy) is 1. The maximum atomic E-state index is 12.4. The molecule has 0 amide bonds. The van der Waals surface area contributed by atoms with Crippen molar-refractivity contribution in [2.24, 2.45) is 0 Å². The van der Waals surface area contributed by atoms with E-state index in [0.29, 0.717) is 19.4 Å². The summed E-state index contributed by atoms with van der Waals surface area (Å²) in [6.45, 7) is 6.05. The third kappa shape index (κ3) is 7.87. The fraction of sp³-hybridized carbons (Fsp3) is 0.314. The Morgan fingerprint density at radius 3 is 2.20 bits per heavy atom. The quantitative estimate of drug-likeness (QED) is 0.228. The Balaban J connectivity index is 1.15. The van der Waals surface area contributed by atoms with E-state index in [1.54, 1.807) is 6.20 Å². The third-order valence-corrected chi connectivity index (χ3v) is 7.69. The molecule has 0 unspecified atom stereocenters. The zero-order valence-electron chi connectivity index (χ0n) is 23.5. The van der Waals surface area contributed by atoms with E-state index in [2.05, 4.69) is 70.4 Å². The summed E-state index contributed by atoms with van der Waals surface area (Å²) in [4.78, 5) is 21.5. The monoisotopic (exact) mass is 533 g/mol. The smallest absolute Gasteiger partial charge is 0.137 e. The fourth-order valence-corrected chi connectivity index (χ4v) is 5.30. The van der Waals surface area contributed by atoms with Gasteiger partial charge in [-0.2, -0.15) is 0 Å². The minimum atomic E-state index is 0.238. The number of hydrogen-bond donors (Lipinski definition) is 0. The van der Waals surface area contributed by atoms with Gasteiger partial charge in [-0.3, -0.25) is 14.7 Å². The summed E-state index contributed by atoms with van der Waals surface area (Å²) in [5, 5.41) is 0. The molecule has 1 aliphatic heterocycles. The van der Waals surface area contributed by atoms with Gasteiger partial charge >= 0.3 is 0 Å². The summed E-state index contributed by atoms with van der Waals surface area (Å²) >= 11 is 0. The molecule has 0 N–H and O–H groups in total. The van der Waals surface area contributed by atoms with Crippen molar-refractivity contribution in [3.8, 4) is 16.9 Å². The van der Waals surface area contributed by atoms with Gasteiger partial charge in [-0.25, -0.2) is 0 Å². The number of pyridine rings is 1. The van der Waals surface area contributed by atoms with E-state index in [9.17, 15) is 4.79 Å². The Hall–Kier alpha value is -3.80. The standard InChI is InChI=1S/C35H39N3O2/c1-37-20-22-38(23-21-37)27-31-9-3-5-11-35(31)34-10-4-2-8-30(34)18-24-40-33-16-13-28(14-17-33)25-32(39)15-12-29-7-6-19-36-26-29/h2-11,13-14,16-17,19,26H,12,15,18,20-25,27H2,1H3. The average molecular weight is 534 g/mol. The first kappa shape index (κ1) is 27.8. The van der Waals surface area contributed by atoms with Crippen molar-refractivity contribution in [1.82, 2.24) is 14.8 Å². The number of aryl methyl sites for hydroxylation is 1. The number of likely N-dealkylation sites (N-methyl/N-ethyl adjacent to an activating group) is 1. The van der Waals surface area contributed by atoms with Crippen molar-refractivity contribution in [1.29, 1.82) is 0 Å². The van der Waals surface area contributed by atoms with E-state index >= 15 is 0 Å². The maximum Gasteiger partial charge on any atom is 0.137 e. The number of rotatable bonds is 12. The van der Waals surface area contributed by atoms with Crippen molar-refractivity contribution >= 4 is 5.78 Å². The Morgan fingerprint density at radius 2 is 1.48 bits per heavy atom. The van der Waals surface area contributed by atoms with Crippen LogP contribution in [-0.2, 0) is 30.6 Å². The SMILES string of the molecule is CN1CCN(Cc2ccccc2-c2ccccc2CCOc2ccc(CC(=O)CCc3cccnc3)cc2)CC1. The number of ketones is 1. The first-order chi connectivity index (χ1) is 19.6. The van der Waals surface area contributed by atoms with Crippen LogP contribution in [0.25, 0.3) is 11.1 Å². The molecule has 0 atom stereocenters. The second kappa shape index (κ2) is 14.0. The van der Waals surface area contributed by atoms with E-state index in [4.69, 9.17) is 4.74 Å². The molecule has 1 fully saturated rings. The minimum Gasteiger partial charge on any atom is -0.493 e. The van der Waals surface area contributed by atoms with Gasteiger partial charge in [0.15, 0.2) is 0 Å².